The smallest absolute Gasteiger partial charge is 0.331 e. The molecule has 2 aromatic rings. The number of ether oxygens (including phenoxy) is 1. The number of hydrogen-bond acceptors (Lipinski definition) is 3. The van der Waals surface area contributed by atoms with E-state index in [1.807, 2.05) is 30.3 Å². The molecule has 0 heterocycles. The summed E-state index contributed by atoms with van der Waals surface area (Å²) in [6.45, 7) is -0.416. The molecule has 0 spiro atoms. The number of anilines is 1. The summed E-state index contributed by atoms with van der Waals surface area (Å²) in [5.74, 6) is -1.11. The van der Waals surface area contributed by atoms with Gasteiger partial charge in [0.1, 0.15) is 0 Å². The Bertz CT molecular complexity index is 730. The van der Waals surface area contributed by atoms with Crippen LogP contribution in [0.5, 0.6) is 0 Å². The van der Waals surface area contributed by atoms with Crippen LogP contribution in [0.15, 0.2) is 54.6 Å². The minimum absolute atomic E-state index is 0.234. The number of benzene rings is 2. The van der Waals surface area contributed by atoms with E-state index < -0.39 is 18.5 Å². The maximum Gasteiger partial charge on any atom is 0.331 e. The third-order valence-electron chi connectivity index (χ3n) is 2.78. The highest BCUT2D eigenvalue weighted by Crippen LogP contribution is 2.29. The molecule has 1 N–H and O–H groups in total. The van der Waals surface area contributed by atoms with E-state index in [1.54, 1.807) is 24.3 Å². The molecule has 0 unspecified atom stereocenters. The van der Waals surface area contributed by atoms with Crippen LogP contribution >= 0.6 is 23.2 Å². The fourth-order valence-corrected chi connectivity index (χ4v) is 2.05. The van der Waals surface area contributed by atoms with Gasteiger partial charge in [0.25, 0.3) is 5.91 Å². The van der Waals surface area contributed by atoms with Gasteiger partial charge in [-0.25, -0.2) is 4.79 Å². The Balaban J connectivity index is 1.83. The van der Waals surface area contributed by atoms with Crippen molar-refractivity contribution in [3.05, 3.63) is 70.2 Å². The Kier molecular flexibility index (Phi) is 6.20. The van der Waals surface area contributed by atoms with Gasteiger partial charge in [-0.1, -0.05) is 59.6 Å². The Labute approximate surface area is 143 Å². The number of halogens is 2. The molecule has 0 saturated carbocycles. The molecule has 0 atom stereocenters. The molecule has 0 aliphatic rings. The third kappa shape index (κ3) is 5.43. The van der Waals surface area contributed by atoms with Gasteiger partial charge in [0.15, 0.2) is 6.61 Å². The molecule has 0 aliphatic carbocycles. The number of hydrogen-bond donors (Lipinski definition) is 1. The summed E-state index contributed by atoms with van der Waals surface area (Å²) in [5, 5.41) is 3.08. The Morgan fingerprint density at radius 2 is 1.78 bits per heavy atom. The van der Waals surface area contributed by atoms with Crippen molar-refractivity contribution in [3.8, 4) is 0 Å². The predicted molar refractivity (Wildman–Crippen MR) is 91.5 cm³/mol. The molecule has 1 amide bonds. The summed E-state index contributed by atoms with van der Waals surface area (Å²) in [7, 11) is 0. The van der Waals surface area contributed by atoms with E-state index in [2.05, 4.69) is 5.32 Å². The van der Waals surface area contributed by atoms with Gasteiger partial charge in [0.2, 0.25) is 0 Å². The molecule has 0 aromatic heterocycles. The highest BCUT2D eigenvalue weighted by molar-refractivity contribution is 6.44. The van der Waals surface area contributed by atoms with E-state index in [9.17, 15) is 9.59 Å². The standard InChI is InChI=1S/C17H13Cl2NO3/c18-13-7-4-8-14(17(13)19)20-15(21)11-23-16(22)10-9-12-5-2-1-3-6-12/h1-10H,11H2,(H,20,21)/b10-9+. The van der Waals surface area contributed by atoms with Gasteiger partial charge in [-0.15, -0.1) is 0 Å². The summed E-state index contributed by atoms with van der Waals surface area (Å²) in [5.41, 5.74) is 1.22. The van der Waals surface area contributed by atoms with Crippen LogP contribution in [0.4, 0.5) is 5.69 Å². The van der Waals surface area contributed by atoms with E-state index in [4.69, 9.17) is 27.9 Å². The second-order valence-corrected chi connectivity index (χ2v) is 5.29. The topological polar surface area (TPSA) is 55.4 Å². The molecule has 4 nitrogen and oxygen atoms in total. The first-order chi connectivity index (χ1) is 11.1. The van der Waals surface area contributed by atoms with Crippen LogP contribution in [0.2, 0.25) is 10.0 Å². The lowest BCUT2D eigenvalue weighted by Crippen LogP contribution is -2.20. The van der Waals surface area contributed by atoms with Crippen LogP contribution in [0.1, 0.15) is 5.56 Å². The van der Waals surface area contributed by atoms with Crippen LogP contribution < -0.4 is 5.32 Å². The van der Waals surface area contributed by atoms with Crippen LogP contribution in [-0.2, 0) is 14.3 Å². The van der Waals surface area contributed by atoms with Gasteiger partial charge < -0.3 is 10.1 Å². The zero-order valence-electron chi connectivity index (χ0n) is 12.0. The second-order valence-electron chi connectivity index (χ2n) is 4.50. The summed E-state index contributed by atoms with van der Waals surface area (Å²) >= 11 is 11.8. The average molecular weight is 350 g/mol. The molecule has 0 radical (unpaired) electrons. The Hall–Kier alpha value is -2.30. The van der Waals surface area contributed by atoms with Crippen LogP contribution in [0.25, 0.3) is 6.08 Å². The molecule has 23 heavy (non-hydrogen) atoms. The number of esters is 1. The number of carbonyl (C=O) groups excluding carboxylic acids is 2. The van der Waals surface area contributed by atoms with E-state index in [0.717, 1.165) is 5.56 Å². The van der Waals surface area contributed by atoms with Gasteiger partial charge in [0, 0.05) is 6.08 Å². The highest BCUT2D eigenvalue weighted by atomic mass is 35.5. The average Bonchev–Trinajstić information content (AvgIpc) is 2.56. The minimum Gasteiger partial charge on any atom is -0.452 e. The molecule has 6 heteroatoms. The zero-order valence-corrected chi connectivity index (χ0v) is 13.5. The lowest BCUT2D eigenvalue weighted by molar-refractivity contribution is -0.142. The van der Waals surface area contributed by atoms with Gasteiger partial charge in [0.05, 0.1) is 15.7 Å². The molecule has 0 saturated heterocycles. The largest absolute Gasteiger partial charge is 0.452 e. The number of amides is 1. The Morgan fingerprint density at radius 1 is 1.04 bits per heavy atom. The lowest BCUT2D eigenvalue weighted by atomic mass is 10.2. The summed E-state index contributed by atoms with van der Waals surface area (Å²) in [6.07, 6.45) is 2.86. The predicted octanol–water partition coefficient (Wildman–Crippen LogP) is 4.19. The first kappa shape index (κ1) is 17.1. The van der Waals surface area contributed by atoms with Crippen molar-refractivity contribution in [1.82, 2.24) is 0 Å². The van der Waals surface area contributed by atoms with Crippen LogP contribution in [0, 0.1) is 0 Å². The number of carbonyl (C=O) groups is 2. The van der Waals surface area contributed by atoms with Gasteiger partial charge in [-0.05, 0) is 23.8 Å². The normalized spacial score (nSPS) is 10.5. The van der Waals surface area contributed by atoms with Crippen molar-refractivity contribution >= 4 is 46.8 Å². The quantitative estimate of drug-likeness (QED) is 0.650. The lowest BCUT2D eigenvalue weighted by Gasteiger charge is -2.08. The second kappa shape index (κ2) is 8.36. The van der Waals surface area contributed by atoms with Crippen molar-refractivity contribution in [2.45, 2.75) is 0 Å². The molecule has 118 valence electrons. The highest BCUT2D eigenvalue weighted by Gasteiger charge is 2.09. The number of rotatable bonds is 5. The molecule has 2 rings (SSSR count). The fraction of sp³-hybridized carbons (Fsp3) is 0.0588. The first-order valence-electron chi connectivity index (χ1n) is 6.70. The summed E-state index contributed by atoms with van der Waals surface area (Å²) in [6, 6.07) is 14.1. The Morgan fingerprint density at radius 3 is 2.52 bits per heavy atom. The monoisotopic (exact) mass is 349 g/mol. The van der Waals surface area contributed by atoms with E-state index >= 15 is 0 Å². The zero-order chi connectivity index (χ0) is 16.7. The maximum absolute atomic E-state index is 11.7. The van der Waals surface area contributed by atoms with Crippen molar-refractivity contribution in [1.29, 1.82) is 0 Å². The summed E-state index contributed by atoms with van der Waals surface area (Å²) < 4.78 is 4.85. The third-order valence-corrected chi connectivity index (χ3v) is 3.60. The van der Waals surface area contributed by atoms with Crippen molar-refractivity contribution in [2.24, 2.45) is 0 Å². The molecule has 2 aromatic carbocycles. The van der Waals surface area contributed by atoms with Crippen molar-refractivity contribution in [3.63, 3.8) is 0 Å². The maximum atomic E-state index is 11.7. The van der Waals surface area contributed by atoms with Crippen LogP contribution in [0.3, 0.4) is 0 Å². The summed E-state index contributed by atoms with van der Waals surface area (Å²) in [4.78, 5) is 23.3. The van der Waals surface area contributed by atoms with Gasteiger partial charge in [-0.2, -0.15) is 0 Å². The minimum atomic E-state index is -0.610. The van der Waals surface area contributed by atoms with Gasteiger partial charge >= 0.3 is 5.97 Å². The fourth-order valence-electron chi connectivity index (χ4n) is 1.70. The molecule has 0 fully saturated rings. The SMILES string of the molecule is O=C(COC(=O)/C=C/c1ccccc1)Nc1cccc(Cl)c1Cl. The molecule has 0 aliphatic heterocycles. The molecule has 0 bridgehead atoms. The van der Waals surface area contributed by atoms with E-state index in [-0.39, 0.29) is 5.02 Å². The van der Waals surface area contributed by atoms with E-state index in [0.29, 0.717) is 10.7 Å². The van der Waals surface area contributed by atoms with Crippen molar-refractivity contribution < 1.29 is 14.3 Å². The van der Waals surface area contributed by atoms with Crippen LogP contribution in [-0.4, -0.2) is 18.5 Å². The molecular formula is C17H13Cl2NO3. The van der Waals surface area contributed by atoms with E-state index in [1.165, 1.54) is 6.08 Å². The van der Waals surface area contributed by atoms with Gasteiger partial charge in [-0.3, -0.25) is 4.79 Å². The van der Waals surface area contributed by atoms with Crippen molar-refractivity contribution in [2.75, 3.05) is 11.9 Å². The first-order valence-corrected chi connectivity index (χ1v) is 7.45. The molecular weight excluding hydrogens is 337 g/mol. The number of nitrogens with one attached hydrogen (secondary N) is 1.